The summed E-state index contributed by atoms with van der Waals surface area (Å²) in [7, 11) is 0. The molecule has 7 unspecified atom stereocenters. The van der Waals surface area contributed by atoms with Gasteiger partial charge in [-0.25, -0.2) is 0 Å². The fourth-order valence-corrected chi connectivity index (χ4v) is 8.58. The number of amides is 1. The van der Waals surface area contributed by atoms with E-state index in [0.29, 0.717) is 12.8 Å². The molecule has 0 aromatic rings. The number of hydrogen-bond donors (Lipinski definition) is 6. The number of hydrogen-bond acceptors (Lipinski definition) is 8. The molecule has 1 amide bonds. The lowest BCUT2D eigenvalue weighted by Crippen LogP contribution is -2.60. The monoisotopic (exact) mass is 842 g/mol. The van der Waals surface area contributed by atoms with Crippen molar-refractivity contribution >= 4 is 5.91 Å². The Morgan fingerprint density at radius 2 is 0.847 bits per heavy atom. The van der Waals surface area contributed by atoms with E-state index in [1.165, 1.54) is 193 Å². The van der Waals surface area contributed by atoms with Crippen LogP contribution >= 0.6 is 0 Å². The highest BCUT2D eigenvalue weighted by molar-refractivity contribution is 5.76. The summed E-state index contributed by atoms with van der Waals surface area (Å²) >= 11 is 0. The van der Waals surface area contributed by atoms with E-state index in [1.807, 2.05) is 0 Å². The summed E-state index contributed by atoms with van der Waals surface area (Å²) in [5, 5.41) is 54.5. The molecular weight excluding hydrogens is 743 g/mol. The lowest BCUT2D eigenvalue weighted by Gasteiger charge is -2.40. The van der Waals surface area contributed by atoms with Crippen LogP contribution in [0.2, 0.25) is 0 Å². The summed E-state index contributed by atoms with van der Waals surface area (Å²) in [4.78, 5) is 13.0. The first-order valence-corrected chi connectivity index (χ1v) is 25.7. The number of unbranched alkanes of at least 4 members (excludes halogenated alkanes) is 34. The molecule has 1 fully saturated rings. The fraction of sp³-hybridized carbons (Fsp3) is 0.980. The number of ether oxygens (including phenoxy) is 2. The Hall–Kier alpha value is -0.810. The molecule has 0 aliphatic carbocycles. The molecule has 1 aliphatic rings. The standard InChI is InChI=1S/C50H99NO8/c1-3-5-7-9-11-13-15-17-19-21-23-25-27-29-31-33-35-37-39-44(53)43(42-58-50-49(57)48(56)47(55)45(41-52)59-50)51-46(54)40-38-36-34-32-30-28-26-24-22-20-18-16-14-12-10-8-6-4-2/h43-45,47-50,52-53,55-57H,3-42H2,1-2H3,(H,51,54). The summed E-state index contributed by atoms with van der Waals surface area (Å²) < 4.78 is 11.3. The van der Waals surface area contributed by atoms with Crippen LogP contribution < -0.4 is 5.32 Å². The first-order chi connectivity index (χ1) is 28.8. The van der Waals surface area contributed by atoms with Crippen LogP contribution in [0.25, 0.3) is 0 Å². The molecule has 1 saturated heterocycles. The molecule has 9 nitrogen and oxygen atoms in total. The van der Waals surface area contributed by atoms with Crippen molar-refractivity contribution in [3.63, 3.8) is 0 Å². The Kier molecular flexibility index (Phi) is 39.3. The number of aliphatic hydroxyl groups excluding tert-OH is 5. The van der Waals surface area contributed by atoms with Gasteiger partial charge in [-0.15, -0.1) is 0 Å². The van der Waals surface area contributed by atoms with Crippen LogP contribution in [0.5, 0.6) is 0 Å². The van der Waals surface area contributed by atoms with Crippen LogP contribution in [0, 0.1) is 0 Å². The van der Waals surface area contributed by atoms with E-state index >= 15 is 0 Å². The normalized spacial score (nSPS) is 20.6. The lowest BCUT2D eigenvalue weighted by molar-refractivity contribution is -0.302. The highest BCUT2D eigenvalue weighted by atomic mass is 16.7. The van der Waals surface area contributed by atoms with Crippen molar-refractivity contribution in [3.05, 3.63) is 0 Å². The summed E-state index contributed by atoms with van der Waals surface area (Å²) in [6.45, 7) is 3.87. The number of carbonyl (C=O) groups is 1. The number of nitrogens with one attached hydrogen (secondary N) is 1. The summed E-state index contributed by atoms with van der Waals surface area (Å²) in [6.07, 6.45) is 39.7. The fourth-order valence-electron chi connectivity index (χ4n) is 8.58. The van der Waals surface area contributed by atoms with Gasteiger partial charge in [0.1, 0.15) is 24.4 Å². The maximum Gasteiger partial charge on any atom is 0.220 e. The van der Waals surface area contributed by atoms with E-state index in [4.69, 9.17) is 9.47 Å². The zero-order chi connectivity index (χ0) is 43.0. The predicted octanol–water partition coefficient (Wildman–Crippen LogP) is 11.5. The van der Waals surface area contributed by atoms with Gasteiger partial charge in [0.2, 0.25) is 5.91 Å². The topological polar surface area (TPSA) is 149 Å². The molecule has 0 aromatic heterocycles. The van der Waals surface area contributed by atoms with Crippen LogP contribution in [0.4, 0.5) is 0 Å². The zero-order valence-electron chi connectivity index (χ0n) is 38.8. The average molecular weight is 842 g/mol. The number of carbonyl (C=O) groups excluding carboxylic acids is 1. The van der Waals surface area contributed by atoms with E-state index in [0.717, 1.165) is 38.5 Å². The molecule has 6 N–H and O–H groups in total. The Labute approximate surface area is 364 Å². The molecule has 0 radical (unpaired) electrons. The van der Waals surface area contributed by atoms with Gasteiger partial charge in [0.05, 0.1) is 25.4 Å². The van der Waals surface area contributed by atoms with Crippen molar-refractivity contribution in [3.8, 4) is 0 Å². The minimum atomic E-state index is -1.55. The molecule has 0 bridgehead atoms. The molecule has 7 atom stereocenters. The van der Waals surface area contributed by atoms with Crippen molar-refractivity contribution in [1.82, 2.24) is 5.32 Å². The van der Waals surface area contributed by atoms with Crippen LogP contribution in [0.3, 0.4) is 0 Å². The van der Waals surface area contributed by atoms with Crippen molar-refractivity contribution in [2.45, 2.75) is 301 Å². The Morgan fingerprint density at radius 1 is 0.508 bits per heavy atom. The minimum absolute atomic E-state index is 0.131. The van der Waals surface area contributed by atoms with E-state index in [1.54, 1.807) is 0 Å². The first kappa shape index (κ1) is 56.2. The van der Waals surface area contributed by atoms with Gasteiger partial charge in [-0.05, 0) is 12.8 Å². The second kappa shape index (κ2) is 41.2. The van der Waals surface area contributed by atoms with Gasteiger partial charge in [0.25, 0.3) is 0 Å². The maximum absolute atomic E-state index is 13.0. The summed E-state index contributed by atoms with van der Waals surface area (Å²) in [6, 6.07) is -0.712. The van der Waals surface area contributed by atoms with Gasteiger partial charge in [-0.2, -0.15) is 0 Å². The predicted molar refractivity (Wildman–Crippen MR) is 244 cm³/mol. The van der Waals surface area contributed by atoms with Crippen LogP contribution in [-0.4, -0.2) is 87.5 Å². The smallest absolute Gasteiger partial charge is 0.220 e. The molecule has 0 spiro atoms. The van der Waals surface area contributed by atoms with Crippen LogP contribution in [-0.2, 0) is 14.3 Å². The molecule has 0 saturated carbocycles. The zero-order valence-corrected chi connectivity index (χ0v) is 38.8. The summed E-state index contributed by atoms with van der Waals surface area (Å²) in [5.74, 6) is -0.138. The molecule has 352 valence electrons. The SMILES string of the molecule is CCCCCCCCCCCCCCCCCCCCC(=O)NC(COC1OC(CO)C(O)C(O)C1O)C(O)CCCCCCCCCCCCCCCCCCCC. The van der Waals surface area contributed by atoms with E-state index in [2.05, 4.69) is 19.2 Å². The third kappa shape index (κ3) is 31.6. The quantitative estimate of drug-likeness (QED) is 0.0332. The maximum atomic E-state index is 13.0. The summed E-state index contributed by atoms with van der Waals surface area (Å²) in [5.41, 5.74) is 0. The van der Waals surface area contributed by atoms with E-state index in [9.17, 15) is 30.3 Å². The second-order valence-electron chi connectivity index (χ2n) is 18.3. The Morgan fingerprint density at radius 3 is 1.20 bits per heavy atom. The molecule has 1 aliphatic heterocycles. The molecule has 59 heavy (non-hydrogen) atoms. The molecule has 9 heteroatoms. The molecular formula is C50H99NO8. The highest BCUT2D eigenvalue weighted by Crippen LogP contribution is 2.23. The first-order valence-electron chi connectivity index (χ1n) is 25.7. The highest BCUT2D eigenvalue weighted by Gasteiger charge is 2.44. The minimum Gasteiger partial charge on any atom is -0.394 e. The Balaban J connectivity index is 2.26. The largest absolute Gasteiger partial charge is 0.394 e. The molecule has 1 heterocycles. The van der Waals surface area contributed by atoms with E-state index in [-0.39, 0.29) is 12.5 Å². The number of rotatable bonds is 44. The van der Waals surface area contributed by atoms with Crippen molar-refractivity contribution in [1.29, 1.82) is 0 Å². The third-order valence-corrected chi connectivity index (χ3v) is 12.7. The molecule has 0 aromatic carbocycles. The Bertz CT molecular complexity index is 893. The van der Waals surface area contributed by atoms with Crippen LogP contribution in [0.1, 0.15) is 258 Å². The van der Waals surface area contributed by atoms with Crippen molar-refractivity contribution in [2.24, 2.45) is 0 Å². The van der Waals surface area contributed by atoms with Crippen LogP contribution in [0.15, 0.2) is 0 Å². The van der Waals surface area contributed by atoms with Gasteiger partial charge < -0.3 is 40.3 Å². The third-order valence-electron chi connectivity index (χ3n) is 12.7. The van der Waals surface area contributed by atoms with E-state index < -0.39 is 49.5 Å². The molecule has 1 rings (SSSR count). The van der Waals surface area contributed by atoms with Gasteiger partial charge >= 0.3 is 0 Å². The van der Waals surface area contributed by atoms with Gasteiger partial charge in [-0.3, -0.25) is 4.79 Å². The van der Waals surface area contributed by atoms with Crippen molar-refractivity contribution < 1.29 is 39.8 Å². The van der Waals surface area contributed by atoms with Crippen molar-refractivity contribution in [2.75, 3.05) is 13.2 Å². The number of aliphatic hydroxyl groups is 5. The average Bonchev–Trinajstić information content (AvgIpc) is 3.23. The van der Waals surface area contributed by atoms with Gasteiger partial charge in [0, 0.05) is 6.42 Å². The lowest BCUT2D eigenvalue weighted by atomic mass is 9.99. The van der Waals surface area contributed by atoms with Gasteiger partial charge in [0.15, 0.2) is 6.29 Å². The second-order valence-corrected chi connectivity index (χ2v) is 18.3. The van der Waals surface area contributed by atoms with Gasteiger partial charge in [-0.1, -0.05) is 239 Å².